The molecule has 0 aliphatic rings. The second-order valence-corrected chi connectivity index (χ2v) is 36.9. The predicted octanol–water partition coefficient (Wildman–Crippen LogP) is 37.8. The lowest BCUT2D eigenvalue weighted by molar-refractivity contribution is 1.20. The van der Waals surface area contributed by atoms with Crippen LogP contribution in [0, 0.1) is 22.7 Å². The number of rotatable bonds is 20. The van der Waals surface area contributed by atoms with Crippen LogP contribution in [0.5, 0.6) is 0 Å². The number of hydrogen-bond donors (Lipinski definition) is 0. The summed E-state index contributed by atoms with van der Waals surface area (Å²) in [6.07, 6.45) is 0. The standard InChI is InChI=1S/C37H28N2.2C34H25N3.C33H26N2/c1-38(37-16-8-14-29-11-6-7-15-36(29)37)32-21-23-33(24-22-32)39(34-19-17-27-9-2-4-12-30(27)25-34)35-20-18-28-10-3-5-13-31(28)26-35;1-36(30-14-6-9-25(23-30)24-35)28-19-21-29(22-20-28)37(33-17-7-12-26-10-2-4-15-31(26)33)34-18-8-13-27-11-3-5-16-32(27)34;1-36(28-18-16-25(24-35)17-19-28)29-20-22-30(23-21-29)37(33-14-6-10-26-8-2-4-12-31(26)33)34-15-7-11-27-9-3-5-13-32(27)34;1-34(29-13-3-2-4-14-29)30-19-21-31(22-20-30)35(32-17-15-25-9-5-7-11-27(25)23-32)33-18-16-26-10-6-8-12-28(26)24-33/h2-26H,1H3;2*2-23H,1H3;2-24H,1H3. The molecule has 0 heterocycles. The van der Waals surface area contributed by atoms with Gasteiger partial charge >= 0.3 is 0 Å². The number of hydrogen-bond acceptors (Lipinski definition) is 10. The van der Waals surface area contributed by atoms with Crippen molar-refractivity contribution in [2.75, 3.05) is 67.4 Å². The molecular formula is C138H104N10. The maximum atomic E-state index is 9.30. The molecule has 0 N–H and O–H groups in total. The van der Waals surface area contributed by atoms with Gasteiger partial charge in [0.15, 0.2) is 0 Å². The third-order valence-corrected chi connectivity index (χ3v) is 28.0. The van der Waals surface area contributed by atoms with Gasteiger partial charge in [-0.3, -0.25) is 0 Å². The van der Waals surface area contributed by atoms with E-state index in [1.807, 2.05) is 68.7 Å². The van der Waals surface area contributed by atoms with Gasteiger partial charge in [-0.05, 0) is 301 Å². The first-order chi connectivity index (χ1) is 73.0. The van der Waals surface area contributed by atoms with Crippen LogP contribution in [-0.2, 0) is 0 Å². The third kappa shape index (κ3) is 19.7. The van der Waals surface area contributed by atoms with Crippen molar-refractivity contribution in [1.29, 1.82) is 10.5 Å². The van der Waals surface area contributed by atoms with Gasteiger partial charge in [-0.15, -0.1) is 0 Å². The van der Waals surface area contributed by atoms with E-state index in [1.165, 1.54) is 108 Å². The Labute approximate surface area is 863 Å². The molecule has 0 aliphatic heterocycles. The smallest absolute Gasteiger partial charge is 0.0992 e. The van der Waals surface area contributed by atoms with Crippen LogP contribution >= 0.6 is 0 Å². The van der Waals surface area contributed by atoms with Crippen LogP contribution in [-0.4, -0.2) is 28.2 Å². The highest BCUT2D eigenvalue weighted by atomic mass is 15.2. The lowest BCUT2D eigenvalue weighted by Crippen LogP contribution is -2.12. The first-order valence-corrected chi connectivity index (χ1v) is 49.9. The van der Waals surface area contributed by atoms with Crippen molar-refractivity contribution < 1.29 is 0 Å². The molecule has 148 heavy (non-hydrogen) atoms. The van der Waals surface area contributed by atoms with Crippen molar-refractivity contribution in [3.63, 3.8) is 0 Å². The van der Waals surface area contributed by atoms with E-state index < -0.39 is 0 Å². The van der Waals surface area contributed by atoms with Gasteiger partial charge in [0.1, 0.15) is 0 Å². The Balaban J connectivity index is 0.000000112. The van der Waals surface area contributed by atoms with E-state index in [9.17, 15) is 5.26 Å². The van der Waals surface area contributed by atoms with Crippen molar-refractivity contribution in [3.05, 3.63) is 569 Å². The number of nitrogens with zero attached hydrogens (tertiary/aromatic N) is 10. The molecule has 0 aliphatic carbocycles. The van der Waals surface area contributed by atoms with Gasteiger partial charge < -0.3 is 39.2 Å². The molecule has 0 amide bonds. The van der Waals surface area contributed by atoms with Gasteiger partial charge in [-0.1, -0.05) is 328 Å². The summed E-state index contributed by atoms with van der Waals surface area (Å²) in [5.74, 6) is 0. The molecule has 0 radical (unpaired) electrons. The first-order valence-electron chi connectivity index (χ1n) is 49.9. The van der Waals surface area contributed by atoms with E-state index in [2.05, 4.69) is 569 Å². The molecule has 0 bridgehead atoms. The number of para-hydroxylation sites is 1. The van der Waals surface area contributed by atoms with Crippen molar-refractivity contribution >= 4 is 211 Å². The summed E-state index contributed by atoms with van der Waals surface area (Å²) in [5.41, 5.74) is 23.6. The van der Waals surface area contributed by atoms with Crippen LogP contribution in [0.25, 0.3) is 97.0 Å². The molecule has 25 rings (SSSR count). The van der Waals surface area contributed by atoms with E-state index in [1.54, 1.807) is 0 Å². The van der Waals surface area contributed by atoms with E-state index in [4.69, 9.17) is 5.26 Å². The normalized spacial score (nSPS) is 11.0. The van der Waals surface area contributed by atoms with Crippen molar-refractivity contribution in [3.8, 4) is 12.1 Å². The second kappa shape index (κ2) is 42.6. The van der Waals surface area contributed by atoms with Crippen LogP contribution in [0.15, 0.2) is 558 Å². The Morgan fingerprint density at radius 3 is 0.635 bits per heavy atom. The monoisotopic (exact) mass is 1900 g/mol. The molecule has 10 heteroatoms. The second-order valence-electron chi connectivity index (χ2n) is 36.9. The van der Waals surface area contributed by atoms with E-state index in [0.29, 0.717) is 11.1 Å². The Kier molecular flexibility index (Phi) is 26.8. The fraction of sp³-hybridized carbons (Fsp3) is 0.0290. The summed E-state index contributed by atoms with van der Waals surface area (Å²) >= 11 is 0. The molecular weight excluding hydrogens is 1800 g/mol. The number of fused-ring (bicyclic) bond motifs is 9. The van der Waals surface area contributed by atoms with Crippen LogP contribution in [0.3, 0.4) is 0 Å². The summed E-state index contributed by atoms with van der Waals surface area (Å²) in [6, 6.07) is 201. The Bertz CT molecular complexity index is 8840. The van der Waals surface area contributed by atoms with Gasteiger partial charge in [-0.2, -0.15) is 10.5 Å². The minimum absolute atomic E-state index is 0.652. The Morgan fingerprint density at radius 2 is 0.331 bits per heavy atom. The van der Waals surface area contributed by atoms with E-state index in [0.717, 1.165) is 102 Å². The predicted molar refractivity (Wildman–Crippen MR) is 630 cm³/mol. The quantitative estimate of drug-likeness (QED) is 0.0737. The number of benzene rings is 25. The van der Waals surface area contributed by atoms with E-state index >= 15 is 0 Å². The lowest BCUT2D eigenvalue weighted by Gasteiger charge is -2.29. The zero-order valence-electron chi connectivity index (χ0n) is 82.6. The van der Waals surface area contributed by atoms with Crippen LogP contribution in [0.2, 0.25) is 0 Å². The number of nitriles is 2. The maximum absolute atomic E-state index is 9.30. The van der Waals surface area contributed by atoms with Crippen molar-refractivity contribution in [2.24, 2.45) is 0 Å². The SMILES string of the molecule is CN(c1ccc(C#N)cc1)c1ccc(N(c2cccc3ccccc23)c2cccc3ccccc23)cc1.CN(c1ccc(N(c2ccc3ccccc3c2)c2ccc3ccccc3c2)cc1)c1cccc2ccccc12.CN(c1ccc(N(c2cccc3ccccc23)c2cccc3ccccc23)cc1)c1cccc(C#N)c1.CN(c1ccccc1)c1ccc(N(c2ccc3ccccc3c2)c2ccc3ccccc3c2)cc1. The zero-order valence-corrected chi connectivity index (χ0v) is 82.6. The van der Waals surface area contributed by atoms with Crippen LogP contribution in [0.1, 0.15) is 11.1 Å². The molecule has 0 fully saturated rings. The fourth-order valence-electron chi connectivity index (χ4n) is 20.2. The van der Waals surface area contributed by atoms with Gasteiger partial charge in [0, 0.05) is 146 Å². The Morgan fingerprint density at radius 1 is 0.128 bits per heavy atom. The largest absolute Gasteiger partial charge is 0.345 e. The van der Waals surface area contributed by atoms with Crippen LogP contribution < -0.4 is 39.2 Å². The molecule has 0 saturated heterocycles. The molecule has 706 valence electrons. The summed E-state index contributed by atoms with van der Waals surface area (Å²) in [7, 11) is 8.32. The van der Waals surface area contributed by atoms with Gasteiger partial charge in [-0.25, -0.2) is 0 Å². The summed E-state index contributed by atoms with van der Waals surface area (Å²) in [4.78, 5) is 18.1. The van der Waals surface area contributed by atoms with Gasteiger partial charge in [0.2, 0.25) is 0 Å². The van der Waals surface area contributed by atoms with Crippen LogP contribution in [0.4, 0.5) is 114 Å². The number of anilines is 20. The molecule has 0 atom stereocenters. The first kappa shape index (κ1) is 93.2. The third-order valence-electron chi connectivity index (χ3n) is 28.0. The summed E-state index contributed by atoms with van der Waals surface area (Å²) < 4.78 is 0. The molecule has 0 aromatic heterocycles. The minimum Gasteiger partial charge on any atom is -0.345 e. The molecule has 0 spiro atoms. The van der Waals surface area contributed by atoms with Crippen molar-refractivity contribution in [1.82, 2.24) is 0 Å². The molecule has 0 saturated carbocycles. The highest BCUT2D eigenvalue weighted by Gasteiger charge is 2.24. The van der Waals surface area contributed by atoms with Gasteiger partial charge in [0.25, 0.3) is 0 Å². The zero-order chi connectivity index (χ0) is 100. The van der Waals surface area contributed by atoms with Gasteiger partial charge in [0.05, 0.1) is 46.0 Å². The molecule has 10 nitrogen and oxygen atoms in total. The molecule has 25 aromatic rings. The topological polar surface area (TPSA) is 73.5 Å². The Hall–Kier alpha value is -19.8. The highest BCUT2D eigenvalue weighted by molar-refractivity contribution is 6.08. The lowest BCUT2D eigenvalue weighted by atomic mass is 10.0. The van der Waals surface area contributed by atoms with Crippen molar-refractivity contribution in [2.45, 2.75) is 0 Å². The molecule has 0 unspecified atom stereocenters. The average Bonchev–Trinajstić information content (AvgIpc) is 0.762. The summed E-state index contributed by atoms with van der Waals surface area (Å²) in [6.45, 7) is 0. The van der Waals surface area contributed by atoms with E-state index in [-0.39, 0.29) is 0 Å². The molecule has 25 aromatic carbocycles. The minimum atomic E-state index is 0.652. The summed E-state index contributed by atoms with van der Waals surface area (Å²) in [5, 5.41) is 40.5. The average molecular weight is 1900 g/mol. The fourth-order valence-corrected chi connectivity index (χ4v) is 20.2. The maximum Gasteiger partial charge on any atom is 0.0992 e. The highest BCUT2D eigenvalue weighted by Crippen LogP contribution is 2.48.